The molecular weight excluding hydrogens is 268 g/mol. The summed E-state index contributed by atoms with van der Waals surface area (Å²) in [6, 6.07) is 0. The van der Waals surface area contributed by atoms with Crippen molar-refractivity contribution in [1.82, 2.24) is 9.97 Å². The predicted molar refractivity (Wildman–Crippen MR) is 88.8 cm³/mol. The highest BCUT2D eigenvalue weighted by Crippen LogP contribution is 2.38. The maximum atomic E-state index is 4.57. The molecule has 0 amide bonds. The third kappa shape index (κ3) is 3.78. The first-order valence-corrected chi connectivity index (χ1v) is 8.78. The zero-order valence-corrected chi connectivity index (χ0v) is 13.6. The minimum absolute atomic E-state index is 0.383. The molecule has 0 bridgehead atoms. The van der Waals surface area contributed by atoms with Gasteiger partial charge in [-0.15, -0.1) is 0 Å². The van der Waals surface area contributed by atoms with E-state index in [0.29, 0.717) is 10.7 Å². The number of aromatic nitrogens is 2. The van der Waals surface area contributed by atoms with Crippen molar-refractivity contribution in [1.29, 1.82) is 0 Å². The van der Waals surface area contributed by atoms with E-state index in [0.717, 1.165) is 24.5 Å². The molecule has 0 aliphatic heterocycles. The number of thioether (sulfide) groups is 1. The topological polar surface area (TPSA) is 49.8 Å². The van der Waals surface area contributed by atoms with E-state index < -0.39 is 0 Å². The SMILES string of the molecule is CCNc1ncc(C)c(NCC2(SC)CCCCC2)n1. The number of aryl methyl sites for hydroxylation is 1. The smallest absolute Gasteiger partial charge is 0.224 e. The first-order chi connectivity index (χ1) is 9.69. The van der Waals surface area contributed by atoms with Gasteiger partial charge in [0.15, 0.2) is 0 Å². The maximum Gasteiger partial charge on any atom is 0.224 e. The average Bonchev–Trinajstić information content (AvgIpc) is 2.49. The molecule has 1 aromatic heterocycles. The molecule has 2 N–H and O–H groups in total. The van der Waals surface area contributed by atoms with Gasteiger partial charge in [0.2, 0.25) is 5.95 Å². The van der Waals surface area contributed by atoms with Crippen LogP contribution >= 0.6 is 11.8 Å². The van der Waals surface area contributed by atoms with Crippen LogP contribution in [-0.2, 0) is 0 Å². The summed E-state index contributed by atoms with van der Waals surface area (Å²) in [4.78, 5) is 8.86. The van der Waals surface area contributed by atoms with Crippen molar-refractivity contribution in [2.24, 2.45) is 0 Å². The van der Waals surface area contributed by atoms with Crippen molar-refractivity contribution in [3.05, 3.63) is 11.8 Å². The molecule has 5 heteroatoms. The normalized spacial score (nSPS) is 17.8. The Balaban J connectivity index is 2.03. The van der Waals surface area contributed by atoms with Crippen LogP contribution in [0.4, 0.5) is 11.8 Å². The Morgan fingerprint density at radius 2 is 2.00 bits per heavy atom. The molecule has 0 atom stereocenters. The lowest BCUT2D eigenvalue weighted by Crippen LogP contribution is -2.35. The second-order valence-electron chi connectivity index (χ2n) is 5.56. The van der Waals surface area contributed by atoms with Crippen LogP contribution in [0.2, 0.25) is 0 Å². The Kier molecular flexibility index (Phi) is 5.52. The lowest BCUT2D eigenvalue weighted by atomic mass is 9.88. The number of nitrogens with one attached hydrogen (secondary N) is 2. The number of hydrogen-bond donors (Lipinski definition) is 2. The molecule has 1 aliphatic rings. The Labute approximate surface area is 126 Å². The molecule has 1 aromatic rings. The summed E-state index contributed by atoms with van der Waals surface area (Å²) < 4.78 is 0.383. The van der Waals surface area contributed by atoms with Crippen molar-refractivity contribution in [2.45, 2.75) is 50.7 Å². The molecular formula is C15H26N4S. The number of rotatable bonds is 6. The second kappa shape index (κ2) is 7.16. The Morgan fingerprint density at radius 1 is 1.25 bits per heavy atom. The van der Waals surface area contributed by atoms with Crippen molar-refractivity contribution < 1.29 is 0 Å². The van der Waals surface area contributed by atoms with Gasteiger partial charge in [-0.3, -0.25) is 0 Å². The highest BCUT2D eigenvalue weighted by Gasteiger charge is 2.31. The predicted octanol–water partition coefficient (Wildman–Crippen LogP) is 3.69. The molecule has 2 rings (SSSR count). The molecule has 0 saturated heterocycles. The molecule has 1 aliphatic carbocycles. The molecule has 1 saturated carbocycles. The van der Waals surface area contributed by atoms with Crippen molar-refractivity contribution >= 4 is 23.5 Å². The van der Waals surface area contributed by atoms with E-state index >= 15 is 0 Å². The molecule has 0 unspecified atom stereocenters. The van der Waals surface area contributed by atoms with Crippen LogP contribution in [0, 0.1) is 6.92 Å². The molecule has 0 aromatic carbocycles. The Hall–Kier alpha value is -0.970. The fraction of sp³-hybridized carbons (Fsp3) is 0.733. The third-order valence-electron chi connectivity index (χ3n) is 4.08. The summed E-state index contributed by atoms with van der Waals surface area (Å²) in [5.74, 6) is 1.68. The summed E-state index contributed by atoms with van der Waals surface area (Å²) in [7, 11) is 0. The van der Waals surface area contributed by atoms with Gasteiger partial charge in [0.1, 0.15) is 5.82 Å². The van der Waals surface area contributed by atoms with Gasteiger partial charge in [0.25, 0.3) is 0 Å². The van der Waals surface area contributed by atoms with Gasteiger partial charge in [-0.1, -0.05) is 19.3 Å². The van der Waals surface area contributed by atoms with Crippen LogP contribution in [-0.4, -0.2) is 34.1 Å². The molecule has 112 valence electrons. The minimum Gasteiger partial charge on any atom is -0.368 e. The van der Waals surface area contributed by atoms with Crippen LogP contribution in [0.15, 0.2) is 6.20 Å². The van der Waals surface area contributed by atoms with Crippen LogP contribution in [0.5, 0.6) is 0 Å². The Bertz CT molecular complexity index is 430. The van der Waals surface area contributed by atoms with E-state index in [2.05, 4.69) is 40.7 Å². The lowest BCUT2D eigenvalue weighted by molar-refractivity contribution is 0.411. The molecule has 1 heterocycles. The van der Waals surface area contributed by atoms with Crippen molar-refractivity contribution in [3.8, 4) is 0 Å². The lowest BCUT2D eigenvalue weighted by Gasteiger charge is -2.36. The summed E-state index contributed by atoms with van der Waals surface area (Å²) in [5, 5.41) is 6.73. The fourth-order valence-electron chi connectivity index (χ4n) is 2.76. The first-order valence-electron chi connectivity index (χ1n) is 7.55. The van der Waals surface area contributed by atoms with E-state index in [1.54, 1.807) is 0 Å². The molecule has 4 nitrogen and oxygen atoms in total. The van der Waals surface area contributed by atoms with Crippen LogP contribution < -0.4 is 10.6 Å². The van der Waals surface area contributed by atoms with Crippen molar-refractivity contribution in [3.63, 3.8) is 0 Å². The highest BCUT2D eigenvalue weighted by molar-refractivity contribution is 8.00. The number of hydrogen-bond acceptors (Lipinski definition) is 5. The van der Waals surface area contributed by atoms with E-state index in [4.69, 9.17) is 0 Å². The van der Waals surface area contributed by atoms with Crippen LogP contribution in [0.3, 0.4) is 0 Å². The summed E-state index contributed by atoms with van der Waals surface area (Å²) >= 11 is 2.01. The van der Waals surface area contributed by atoms with E-state index in [-0.39, 0.29) is 0 Å². The zero-order chi connectivity index (χ0) is 14.4. The Morgan fingerprint density at radius 3 is 2.65 bits per heavy atom. The first kappa shape index (κ1) is 15.4. The largest absolute Gasteiger partial charge is 0.368 e. The average molecular weight is 294 g/mol. The van der Waals surface area contributed by atoms with Gasteiger partial charge in [-0.2, -0.15) is 16.7 Å². The summed E-state index contributed by atoms with van der Waals surface area (Å²) in [6.45, 7) is 5.96. The van der Waals surface area contributed by atoms with E-state index in [1.165, 1.54) is 32.1 Å². The molecule has 1 fully saturated rings. The van der Waals surface area contributed by atoms with E-state index in [9.17, 15) is 0 Å². The van der Waals surface area contributed by atoms with E-state index in [1.807, 2.05) is 18.0 Å². The standard InChI is InChI=1S/C15H26N4S/c1-4-16-14-17-10-12(2)13(19-14)18-11-15(20-3)8-6-5-7-9-15/h10H,4-9,11H2,1-3H3,(H2,16,17,18,19). The molecule has 0 radical (unpaired) electrons. The summed E-state index contributed by atoms with van der Waals surface area (Å²) in [6.07, 6.45) is 10.8. The van der Waals surface area contributed by atoms with Gasteiger partial charge < -0.3 is 10.6 Å². The molecule has 20 heavy (non-hydrogen) atoms. The fourth-order valence-corrected chi connectivity index (χ4v) is 3.67. The van der Waals surface area contributed by atoms with Crippen LogP contribution in [0.25, 0.3) is 0 Å². The minimum atomic E-state index is 0.383. The van der Waals surface area contributed by atoms with Gasteiger partial charge in [-0.25, -0.2) is 4.98 Å². The maximum absolute atomic E-state index is 4.57. The third-order valence-corrected chi connectivity index (χ3v) is 5.50. The highest BCUT2D eigenvalue weighted by atomic mass is 32.2. The number of nitrogens with zero attached hydrogens (tertiary/aromatic N) is 2. The zero-order valence-electron chi connectivity index (χ0n) is 12.8. The monoisotopic (exact) mass is 294 g/mol. The molecule has 0 spiro atoms. The number of anilines is 2. The second-order valence-corrected chi connectivity index (χ2v) is 6.83. The quantitative estimate of drug-likeness (QED) is 0.838. The van der Waals surface area contributed by atoms with Gasteiger partial charge in [-0.05, 0) is 32.9 Å². The van der Waals surface area contributed by atoms with Crippen LogP contribution in [0.1, 0.15) is 44.6 Å². The van der Waals surface area contributed by atoms with Gasteiger partial charge in [0, 0.05) is 29.6 Å². The van der Waals surface area contributed by atoms with Gasteiger partial charge in [0.05, 0.1) is 0 Å². The summed E-state index contributed by atoms with van der Waals surface area (Å²) in [5.41, 5.74) is 1.11. The van der Waals surface area contributed by atoms with Crippen molar-refractivity contribution in [2.75, 3.05) is 30.0 Å². The van der Waals surface area contributed by atoms with Gasteiger partial charge >= 0.3 is 0 Å².